The van der Waals surface area contributed by atoms with E-state index in [1.165, 1.54) is 17.5 Å². The van der Waals surface area contributed by atoms with Gasteiger partial charge in [0, 0.05) is 35.3 Å². The van der Waals surface area contributed by atoms with E-state index in [9.17, 15) is 13.2 Å². The molecule has 2 N–H and O–H groups in total. The molecule has 8 heteroatoms. The summed E-state index contributed by atoms with van der Waals surface area (Å²) in [5.41, 5.74) is 1.96. The van der Waals surface area contributed by atoms with E-state index >= 15 is 0 Å². The molecule has 1 heterocycles. The van der Waals surface area contributed by atoms with E-state index in [0.29, 0.717) is 22.4 Å². The van der Waals surface area contributed by atoms with Gasteiger partial charge in [-0.3, -0.25) is 15.2 Å². The van der Waals surface area contributed by atoms with Gasteiger partial charge in [-0.15, -0.1) is 0 Å². The Balaban J connectivity index is 1.82. The number of pyridine rings is 1. The molecule has 0 aliphatic heterocycles. The van der Waals surface area contributed by atoms with Crippen LogP contribution in [0.3, 0.4) is 0 Å². The van der Waals surface area contributed by atoms with Gasteiger partial charge in [-0.1, -0.05) is 54.6 Å². The van der Waals surface area contributed by atoms with Crippen molar-refractivity contribution in [2.45, 2.75) is 10.9 Å². The summed E-state index contributed by atoms with van der Waals surface area (Å²) in [4.78, 5) is 18.1. The Morgan fingerprint density at radius 3 is 2.49 bits per heavy atom. The van der Waals surface area contributed by atoms with Crippen LogP contribution in [-0.4, -0.2) is 31.2 Å². The normalized spacial score (nSPS) is 12.8. The molecule has 0 aliphatic rings. The Bertz CT molecular complexity index is 1540. The fourth-order valence-electron chi connectivity index (χ4n) is 3.85. The fraction of sp³-hybridized carbons (Fsp3) is 0.0741. The lowest BCUT2D eigenvalue weighted by atomic mass is 9.91. The van der Waals surface area contributed by atoms with Gasteiger partial charge >= 0.3 is 0 Å². The average molecular weight is 502 g/mol. The summed E-state index contributed by atoms with van der Waals surface area (Å²) < 4.78 is 24.2. The molecule has 0 amide bonds. The van der Waals surface area contributed by atoms with Crippen LogP contribution >= 0.6 is 12.6 Å². The third kappa shape index (κ3) is 5.34. The number of hydrogen-bond acceptors (Lipinski definition) is 7. The van der Waals surface area contributed by atoms with Gasteiger partial charge in [-0.2, -0.15) is 12.6 Å². The second kappa shape index (κ2) is 10.2. The van der Waals surface area contributed by atoms with Crippen molar-refractivity contribution in [1.82, 2.24) is 4.98 Å². The summed E-state index contributed by atoms with van der Waals surface area (Å²) in [6.07, 6.45) is 4.48. The smallest absolute Gasteiger partial charge is 0.207 e. The quantitative estimate of drug-likeness (QED) is 0.223. The first-order valence-electron chi connectivity index (χ1n) is 10.7. The highest BCUT2D eigenvalue weighted by atomic mass is 32.2. The molecule has 4 rings (SSSR count). The van der Waals surface area contributed by atoms with E-state index in [2.05, 4.69) is 22.9 Å². The molecule has 1 atom stereocenters. The number of sulfone groups is 1. The number of fused-ring (bicyclic) bond motifs is 1. The Hall–Kier alpha value is -3.75. The summed E-state index contributed by atoms with van der Waals surface area (Å²) in [5.74, 6) is -0.483. The van der Waals surface area contributed by atoms with E-state index in [-0.39, 0.29) is 10.6 Å². The predicted octanol–water partition coefficient (Wildman–Crippen LogP) is 5.35. The Kier molecular flexibility index (Phi) is 7.14. The number of allylic oxidation sites excluding steroid dienone is 1. The van der Waals surface area contributed by atoms with Crippen LogP contribution in [0, 0.1) is 5.41 Å². The molecule has 0 saturated heterocycles. The topological polar surface area (TPSA) is 100.0 Å². The van der Waals surface area contributed by atoms with Gasteiger partial charge in [-0.25, -0.2) is 8.42 Å². The van der Waals surface area contributed by atoms with E-state index in [1.807, 2.05) is 54.6 Å². The molecule has 35 heavy (non-hydrogen) atoms. The van der Waals surface area contributed by atoms with Crippen LogP contribution in [-0.2, 0) is 14.6 Å². The second-order valence-corrected chi connectivity index (χ2v) is 10.2. The third-order valence-corrected chi connectivity index (χ3v) is 6.96. The summed E-state index contributed by atoms with van der Waals surface area (Å²) >= 11 is 4.27. The number of anilines is 1. The first kappa shape index (κ1) is 24.4. The van der Waals surface area contributed by atoms with Crippen LogP contribution in [0.15, 0.2) is 102 Å². The van der Waals surface area contributed by atoms with Crippen LogP contribution in [0.2, 0.25) is 0 Å². The van der Waals surface area contributed by atoms with E-state index in [0.717, 1.165) is 17.0 Å². The van der Waals surface area contributed by atoms with E-state index < -0.39 is 21.7 Å². The zero-order valence-corrected chi connectivity index (χ0v) is 20.6. The fourth-order valence-corrected chi connectivity index (χ4v) is 4.79. The van der Waals surface area contributed by atoms with E-state index in [1.54, 1.807) is 24.5 Å². The Morgan fingerprint density at radius 1 is 1.03 bits per heavy atom. The largest absolute Gasteiger partial charge is 0.371 e. The van der Waals surface area contributed by atoms with Gasteiger partial charge in [0.25, 0.3) is 0 Å². The number of thiol groups is 1. The van der Waals surface area contributed by atoms with Crippen molar-refractivity contribution in [2.24, 2.45) is 0 Å². The Labute approximate surface area is 209 Å². The van der Waals surface area contributed by atoms with Crippen molar-refractivity contribution in [1.29, 1.82) is 5.41 Å². The molecule has 0 bridgehead atoms. The molecule has 0 aliphatic carbocycles. The number of nitrogens with one attached hydrogen (secondary N) is 2. The van der Waals surface area contributed by atoms with Crippen LogP contribution in [0.4, 0.5) is 5.69 Å². The van der Waals surface area contributed by atoms with Crippen molar-refractivity contribution in [3.05, 3.63) is 108 Å². The van der Waals surface area contributed by atoms with Crippen LogP contribution < -0.4 is 5.32 Å². The standard InChI is InChI=1S/C27H23N3O3S2/c1-35(32,33)21-11-6-10-20(15-21)30-26(23-12-5-9-19-16-29-14-13-22(19)23)27(31)25(28)24(17-34)18-7-3-2-4-8-18/h2-17,26,28,30,34H,1H3/b24-17-,28-25?. The van der Waals surface area contributed by atoms with E-state index in [4.69, 9.17) is 5.41 Å². The maximum absolute atomic E-state index is 13.9. The summed E-state index contributed by atoms with van der Waals surface area (Å²) in [7, 11) is -3.45. The lowest BCUT2D eigenvalue weighted by molar-refractivity contribution is -0.113. The number of rotatable bonds is 8. The maximum Gasteiger partial charge on any atom is 0.207 e. The number of carbonyl (C=O) groups excluding carboxylic acids is 1. The minimum Gasteiger partial charge on any atom is -0.371 e. The molecule has 4 aromatic rings. The van der Waals surface area contributed by atoms with Gasteiger partial charge in [0.05, 0.1) is 4.90 Å². The molecule has 0 fully saturated rings. The van der Waals surface area contributed by atoms with Crippen LogP contribution in [0.25, 0.3) is 16.3 Å². The summed E-state index contributed by atoms with van der Waals surface area (Å²) in [6.45, 7) is 0. The third-order valence-electron chi connectivity index (χ3n) is 5.59. The number of hydrogen-bond donors (Lipinski definition) is 3. The van der Waals surface area contributed by atoms with Gasteiger partial charge in [0.2, 0.25) is 5.78 Å². The number of nitrogens with zero attached hydrogens (tertiary/aromatic N) is 1. The molecule has 1 unspecified atom stereocenters. The minimum atomic E-state index is -3.45. The zero-order valence-electron chi connectivity index (χ0n) is 18.8. The maximum atomic E-state index is 13.9. The molecule has 6 nitrogen and oxygen atoms in total. The van der Waals surface area contributed by atoms with Crippen molar-refractivity contribution < 1.29 is 13.2 Å². The molecule has 176 valence electrons. The Morgan fingerprint density at radius 2 is 1.77 bits per heavy atom. The number of Topliss-reactive ketones (excluding diaryl/α,β-unsaturated/α-hetero) is 1. The first-order valence-corrected chi connectivity index (χ1v) is 13.1. The van der Waals surface area contributed by atoms with Gasteiger partial charge < -0.3 is 5.32 Å². The number of carbonyl (C=O) groups is 1. The molecule has 1 aromatic heterocycles. The highest BCUT2D eigenvalue weighted by molar-refractivity contribution is 7.90. The first-order chi connectivity index (χ1) is 16.8. The molecule has 0 spiro atoms. The zero-order chi connectivity index (χ0) is 25.0. The SMILES string of the molecule is CS(=O)(=O)c1cccc(NC(C(=O)C(=N)/C(=C\S)c2ccccc2)c2cccc3cnccc23)c1. The summed E-state index contributed by atoms with van der Waals surface area (Å²) in [5, 5.41) is 15.0. The average Bonchev–Trinajstić information content (AvgIpc) is 2.87. The monoisotopic (exact) mass is 501 g/mol. The van der Waals surface area contributed by atoms with Crippen molar-refractivity contribution in [3.8, 4) is 0 Å². The lowest BCUT2D eigenvalue weighted by Crippen LogP contribution is -2.28. The summed E-state index contributed by atoms with van der Waals surface area (Å²) in [6, 6.07) is 21.8. The van der Waals surface area contributed by atoms with Gasteiger partial charge in [-0.05, 0) is 46.2 Å². The molecular weight excluding hydrogens is 478 g/mol. The minimum absolute atomic E-state index is 0.131. The number of aromatic nitrogens is 1. The van der Waals surface area contributed by atoms with Gasteiger partial charge in [0.1, 0.15) is 11.8 Å². The molecule has 0 radical (unpaired) electrons. The molecule has 3 aromatic carbocycles. The number of benzene rings is 3. The second-order valence-electron chi connectivity index (χ2n) is 7.97. The highest BCUT2D eigenvalue weighted by Gasteiger charge is 2.28. The van der Waals surface area contributed by atoms with Crippen LogP contribution in [0.5, 0.6) is 0 Å². The number of ketones is 1. The lowest BCUT2D eigenvalue weighted by Gasteiger charge is -2.22. The molecule has 0 saturated carbocycles. The predicted molar refractivity (Wildman–Crippen MR) is 144 cm³/mol. The van der Waals surface area contributed by atoms with Crippen molar-refractivity contribution in [2.75, 3.05) is 11.6 Å². The highest BCUT2D eigenvalue weighted by Crippen LogP contribution is 2.30. The molecular formula is C27H23N3O3S2. The van der Waals surface area contributed by atoms with Crippen molar-refractivity contribution >= 4 is 56.0 Å². The van der Waals surface area contributed by atoms with Crippen molar-refractivity contribution in [3.63, 3.8) is 0 Å². The van der Waals surface area contributed by atoms with Gasteiger partial charge in [0.15, 0.2) is 9.84 Å². The van der Waals surface area contributed by atoms with Crippen LogP contribution in [0.1, 0.15) is 17.2 Å².